The molecule has 4 saturated carbocycles. The van der Waals surface area contributed by atoms with Crippen molar-refractivity contribution in [3.05, 3.63) is 11.6 Å². The number of fused-ring (bicyclic) bond motifs is 7. The quantitative estimate of drug-likeness (QED) is 0.421. The fourth-order valence-corrected chi connectivity index (χ4v) is 11.2. The second-order valence-electron chi connectivity index (χ2n) is 14.7. The van der Waals surface area contributed by atoms with E-state index in [0.717, 1.165) is 30.1 Å². The topological polar surface area (TPSA) is 20.2 Å². The number of allylic oxidation sites excluding steroid dienone is 2. The second-order valence-corrected chi connectivity index (χ2v) is 14.7. The van der Waals surface area contributed by atoms with Crippen molar-refractivity contribution in [3.63, 3.8) is 0 Å². The first-order valence-electron chi connectivity index (χ1n) is 13.7. The van der Waals surface area contributed by atoms with Gasteiger partial charge in [-0.25, -0.2) is 0 Å². The predicted molar refractivity (Wildman–Crippen MR) is 131 cm³/mol. The molecular weight excluding hydrogens is 376 g/mol. The largest absolute Gasteiger partial charge is 0.393 e. The van der Waals surface area contributed by atoms with Gasteiger partial charge < -0.3 is 5.11 Å². The maximum absolute atomic E-state index is 10.8. The highest BCUT2D eigenvalue weighted by molar-refractivity contribution is 5.33. The van der Waals surface area contributed by atoms with Crippen LogP contribution < -0.4 is 0 Å². The summed E-state index contributed by atoms with van der Waals surface area (Å²) < 4.78 is 0. The van der Waals surface area contributed by atoms with E-state index in [1.807, 2.05) is 5.57 Å². The fourth-order valence-electron chi connectivity index (χ4n) is 11.2. The van der Waals surface area contributed by atoms with Gasteiger partial charge in [0.25, 0.3) is 0 Å². The van der Waals surface area contributed by atoms with Crippen LogP contribution in [-0.2, 0) is 0 Å². The van der Waals surface area contributed by atoms with Gasteiger partial charge in [-0.2, -0.15) is 0 Å². The molecule has 31 heavy (non-hydrogen) atoms. The maximum atomic E-state index is 10.8. The smallest absolute Gasteiger partial charge is 0.0594 e. The molecule has 0 heterocycles. The molecule has 4 fully saturated rings. The Kier molecular flexibility index (Phi) is 4.82. The molecule has 176 valence electrons. The summed E-state index contributed by atoms with van der Waals surface area (Å²) in [7, 11) is 0. The van der Waals surface area contributed by atoms with Crippen molar-refractivity contribution in [2.75, 3.05) is 0 Å². The Labute approximate surface area is 192 Å². The lowest BCUT2D eigenvalue weighted by atomic mass is 9.35. The molecule has 5 aliphatic rings. The molecule has 0 bridgehead atoms. The van der Waals surface area contributed by atoms with E-state index in [0.29, 0.717) is 27.6 Å². The van der Waals surface area contributed by atoms with E-state index in [9.17, 15) is 5.11 Å². The Bertz CT molecular complexity index is 777. The van der Waals surface area contributed by atoms with Gasteiger partial charge in [-0.3, -0.25) is 0 Å². The summed E-state index contributed by atoms with van der Waals surface area (Å²) in [6.07, 6.45) is 14.6. The number of aliphatic hydroxyl groups excluding tert-OH is 1. The first-order chi connectivity index (χ1) is 14.3. The monoisotopic (exact) mass is 426 g/mol. The van der Waals surface area contributed by atoms with Crippen LogP contribution in [0.3, 0.4) is 0 Å². The van der Waals surface area contributed by atoms with Crippen LogP contribution in [0.1, 0.15) is 113 Å². The van der Waals surface area contributed by atoms with Crippen LogP contribution in [0.25, 0.3) is 0 Å². The molecule has 0 radical (unpaired) electrons. The normalized spacial score (nSPS) is 55.7. The average Bonchev–Trinajstić information content (AvgIpc) is 3.05. The average molecular weight is 427 g/mol. The fraction of sp³-hybridized carbons (Fsp3) is 0.933. The van der Waals surface area contributed by atoms with Crippen molar-refractivity contribution in [1.82, 2.24) is 0 Å². The highest BCUT2D eigenvalue weighted by atomic mass is 16.3. The lowest BCUT2D eigenvalue weighted by Gasteiger charge is -2.69. The Hall–Kier alpha value is -0.300. The van der Waals surface area contributed by atoms with E-state index in [1.165, 1.54) is 51.4 Å². The van der Waals surface area contributed by atoms with E-state index in [2.05, 4.69) is 61.5 Å². The highest BCUT2D eigenvalue weighted by Crippen LogP contribution is 2.76. The van der Waals surface area contributed by atoms with Crippen molar-refractivity contribution in [1.29, 1.82) is 0 Å². The zero-order valence-corrected chi connectivity index (χ0v) is 21.9. The molecule has 0 saturated heterocycles. The van der Waals surface area contributed by atoms with Gasteiger partial charge in [0.1, 0.15) is 0 Å². The Morgan fingerprint density at radius 3 is 2.16 bits per heavy atom. The summed E-state index contributed by atoms with van der Waals surface area (Å²) in [5, 5.41) is 10.8. The molecule has 0 aromatic heterocycles. The van der Waals surface area contributed by atoms with E-state index in [4.69, 9.17) is 0 Å². The minimum absolute atomic E-state index is 0.0432. The predicted octanol–water partition coefficient (Wildman–Crippen LogP) is 8.02. The molecule has 0 aromatic carbocycles. The Morgan fingerprint density at radius 2 is 1.48 bits per heavy atom. The molecular formula is C30H50O. The molecule has 1 N–H and O–H groups in total. The molecule has 5 rings (SSSR count). The van der Waals surface area contributed by atoms with Crippen LogP contribution in [0, 0.1) is 56.7 Å². The summed E-state index contributed by atoms with van der Waals surface area (Å²) >= 11 is 0. The van der Waals surface area contributed by atoms with Gasteiger partial charge >= 0.3 is 0 Å². The zero-order valence-electron chi connectivity index (χ0n) is 21.9. The minimum atomic E-state index is -0.131. The molecule has 0 aromatic rings. The molecule has 1 nitrogen and oxygen atoms in total. The maximum Gasteiger partial charge on any atom is 0.0594 e. The van der Waals surface area contributed by atoms with Crippen molar-refractivity contribution in [2.45, 2.75) is 119 Å². The van der Waals surface area contributed by atoms with E-state index >= 15 is 0 Å². The molecule has 0 unspecified atom stereocenters. The standard InChI is InChI=1S/C30H50O/c1-19(2)20-9-12-24-28(20,6)17-18-29(7)22-10-11-23-26(3,4)25(31)14-15-27(23,5)21(22)13-16-30(24,29)8/h13,19-20,22-25,31H,9-12,14-18H2,1-8H3/t20-,22-,23-,24-,25-,27+,28-,29-,30-/m0/s1. The zero-order chi connectivity index (χ0) is 22.6. The van der Waals surface area contributed by atoms with Gasteiger partial charge in [0.2, 0.25) is 0 Å². The SMILES string of the molecule is CC(C)[C@@H]1CC[C@H]2[C@@]1(C)CC[C@@]1(C)[C@H]3CC[C@H]4C(C)(C)[C@@H](O)CC[C@]4(C)C3=CC[C@@]21C. The summed E-state index contributed by atoms with van der Waals surface area (Å²) in [4.78, 5) is 0. The molecule has 0 spiro atoms. The van der Waals surface area contributed by atoms with Crippen molar-refractivity contribution >= 4 is 0 Å². The second kappa shape index (κ2) is 6.64. The number of rotatable bonds is 1. The highest BCUT2D eigenvalue weighted by Gasteiger charge is 2.68. The molecule has 0 aliphatic heterocycles. The van der Waals surface area contributed by atoms with E-state index < -0.39 is 0 Å². The minimum Gasteiger partial charge on any atom is -0.393 e. The van der Waals surface area contributed by atoms with Gasteiger partial charge in [-0.1, -0.05) is 67.0 Å². The third kappa shape index (κ3) is 2.60. The van der Waals surface area contributed by atoms with Gasteiger partial charge in [0.15, 0.2) is 0 Å². The van der Waals surface area contributed by atoms with Crippen molar-refractivity contribution < 1.29 is 5.11 Å². The third-order valence-corrected chi connectivity index (χ3v) is 13.2. The first kappa shape index (κ1) is 22.5. The van der Waals surface area contributed by atoms with Crippen LogP contribution in [0.5, 0.6) is 0 Å². The number of hydrogen-bond donors (Lipinski definition) is 1. The van der Waals surface area contributed by atoms with Crippen LogP contribution in [0.15, 0.2) is 11.6 Å². The number of aliphatic hydroxyl groups is 1. The summed E-state index contributed by atoms with van der Waals surface area (Å²) in [6, 6.07) is 0. The molecule has 0 amide bonds. The molecule has 9 atom stereocenters. The van der Waals surface area contributed by atoms with Crippen LogP contribution >= 0.6 is 0 Å². The Morgan fingerprint density at radius 1 is 0.806 bits per heavy atom. The van der Waals surface area contributed by atoms with E-state index in [-0.39, 0.29) is 11.5 Å². The third-order valence-electron chi connectivity index (χ3n) is 13.2. The lowest BCUT2D eigenvalue weighted by molar-refractivity contribution is -0.165. The first-order valence-corrected chi connectivity index (χ1v) is 13.7. The molecule has 5 aliphatic carbocycles. The Balaban J connectivity index is 1.55. The van der Waals surface area contributed by atoms with Gasteiger partial charge in [0.05, 0.1) is 6.10 Å². The van der Waals surface area contributed by atoms with Crippen molar-refractivity contribution in [3.8, 4) is 0 Å². The molecule has 1 heteroatoms. The summed E-state index contributed by atoms with van der Waals surface area (Å²) in [5.41, 5.74) is 3.61. The van der Waals surface area contributed by atoms with Gasteiger partial charge in [-0.05, 0) is 114 Å². The lowest BCUT2D eigenvalue weighted by Crippen LogP contribution is -2.62. The van der Waals surface area contributed by atoms with Crippen LogP contribution in [0.4, 0.5) is 0 Å². The summed E-state index contributed by atoms with van der Waals surface area (Å²) in [6.45, 7) is 20.4. The number of hydrogen-bond acceptors (Lipinski definition) is 1. The van der Waals surface area contributed by atoms with Crippen LogP contribution in [-0.4, -0.2) is 11.2 Å². The van der Waals surface area contributed by atoms with Crippen molar-refractivity contribution in [2.24, 2.45) is 56.7 Å². The van der Waals surface area contributed by atoms with Crippen LogP contribution in [0.2, 0.25) is 0 Å². The van der Waals surface area contributed by atoms with Gasteiger partial charge in [-0.15, -0.1) is 0 Å². The summed E-state index contributed by atoms with van der Waals surface area (Å²) in [5.74, 6) is 4.02. The van der Waals surface area contributed by atoms with Gasteiger partial charge in [0, 0.05) is 0 Å². The van der Waals surface area contributed by atoms with E-state index in [1.54, 1.807) is 0 Å².